The predicted octanol–water partition coefficient (Wildman–Crippen LogP) is 4.59. The van der Waals surface area contributed by atoms with Crippen molar-refractivity contribution in [2.45, 2.75) is 20.0 Å². The zero-order valence-corrected chi connectivity index (χ0v) is 17.9. The van der Waals surface area contributed by atoms with Gasteiger partial charge in [-0.05, 0) is 43.7 Å². The molecule has 0 saturated carbocycles. The standard InChI is InChI=1S/C20H18F3N3O2S2/c1-11-3-5-14(29-11)18(27)25-7-9-26(10-8-25)19(28)16-12(2)13-4-6-15(20(21,22)23)24-17(13)30-16/h3-6H,7-10H2,1-2H3. The molecule has 0 radical (unpaired) electrons. The van der Waals surface area contributed by atoms with E-state index in [1.165, 1.54) is 17.4 Å². The maximum Gasteiger partial charge on any atom is 0.433 e. The van der Waals surface area contributed by atoms with Crippen LogP contribution in [0.25, 0.3) is 10.2 Å². The van der Waals surface area contributed by atoms with E-state index in [0.717, 1.165) is 22.3 Å². The number of halogens is 3. The van der Waals surface area contributed by atoms with Crippen LogP contribution < -0.4 is 0 Å². The first kappa shape index (κ1) is 20.8. The lowest BCUT2D eigenvalue weighted by Crippen LogP contribution is -2.50. The van der Waals surface area contributed by atoms with Gasteiger partial charge < -0.3 is 9.80 Å². The lowest BCUT2D eigenvalue weighted by Gasteiger charge is -2.34. The van der Waals surface area contributed by atoms with Gasteiger partial charge in [0.25, 0.3) is 11.8 Å². The van der Waals surface area contributed by atoms with Crippen molar-refractivity contribution >= 4 is 44.7 Å². The van der Waals surface area contributed by atoms with Crippen LogP contribution in [-0.2, 0) is 6.18 Å². The summed E-state index contributed by atoms with van der Waals surface area (Å²) in [6.07, 6.45) is -4.53. The fraction of sp³-hybridized carbons (Fsp3) is 0.350. The van der Waals surface area contributed by atoms with E-state index in [1.54, 1.807) is 16.7 Å². The SMILES string of the molecule is Cc1ccc(C(=O)N2CCN(C(=O)c3sc4nc(C(F)(F)F)ccc4c3C)CC2)s1. The van der Waals surface area contributed by atoms with E-state index in [-0.39, 0.29) is 16.6 Å². The van der Waals surface area contributed by atoms with Gasteiger partial charge >= 0.3 is 6.18 Å². The van der Waals surface area contributed by atoms with E-state index in [0.29, 0.717) is 46.9 Å². The first-order valence-electron chi connectivity index (χ1n) is 9.27. The number of piperazine rings is 1. The van der Waals surface area contributed by atoms with Gasteiger partial charge in [0.2, 0.25) is 0 Å². The van der Waals surface area contributed by atoms with Gasteiger partial charge in [-0.3, -0.25) is 9.59 Å². The Kier molecular flexibility index (Phi) is 5.31. The van der Waals surface area contributed by atoms with Crippen molar-refractivity contribution in [3.8, 4) is 0 Å². The van der Waals surface area contributed by atoms with Crippen LogP contribution in [0.2, 0.25) is 0 Å². The molecule has 0 aromatic carbocycles. The van der Waals surface area contributed by atoms with Gasteiger partial charge in [-0.1, -0.05) is 0 Å². The zero-order valence-electron chi connectivity index (χ0n) is 16.2. The van der Waals surface area contributed by atoms with Crippen molar-refractivity contribution in [3.63, 3.8) is 0 Å². The maximum atomic E-state index is 13.0. The molecule has 0 spiro atoms. The summed E-state index contributed by atoms with van der Waals surface area (Å²) in [4.78, 5) is 35.0. The molecule has 30 heavy (non-hydrogen) atoms. The summed E-state index contributed by atoms with van der Waals surface area (Å²) in [5, 5.41) is 0.554. The Labute approximate surface area is 178 Å². The Morgan fingerprint density at radius 1 is 0.933 bits per heavy atom. The average Bonchev–Trinajstić information content (AvgIpc) is 3.29. The van der Waals surface area contributed by atoms with E-state index in [2.05, 4.69) is 4.98 Å². The molecule has 0 aliphatic carbocycles. The van der Waals surface area contributed by atoms with Crippen molar-refractivity contribution in [1.82, 2.24) is 14.8 Å². The fourth-order valence-corrected chi connectivity index (χ4v) is 5.41. The fourth-order valence-electron chi connectivity index (χ4n) is 3.42. The molecule has 1 saturated heterocycles. The van der Waals surface area contributed by atoms with Gasteiger partial charge in [0.1, 0.15) is 10.5 Å². The number of aryl methyl sites for hydroxylation is 2. The number of amides is 2. The van der Waals surface area contributed by atoms with Crippen molar-refractivity contribution in [2.24, 2.45) is 0 Å². The molecule has 0 bridgehead atoms. The summed E-state index contributed by atoms with van der Waals surface area (Å²) in [5.41, 5.74) is -0.333. The summed E-state index contributed by atoms with van der Waals surface area (Å²) in [5.74, 6) is -0.273. The third-order valence-electron chi connectivity index (χ3n) is 5.09. The molecule has 0 atom stereocenters. The van der Waals surface area contributed by atoms with Crippen molar-refractivity contribution < 1.29 is 22.8 Å². The normalized spacial score (nSPS) is 15.1. The quantitative estimate of drug-likeness (QED) is 0.570. The molecule has 1 fully saturated rings. The second kappa shape index (κ2) is 7.66. The number of thiophene rings is 2. The smallest absolute Gasteiger partial charge is 0.334 e. The number of pyridine rings is 1. The van der Waals surface area contributed by atoms with Gasteiger partial charge in [-0.25, -0.2) is 4.98 Å². The maximum absolute atomic E-state index is 13.0. The van der Waals surface area contributed by atoms with Crippen molar-refractivity contribution in [2.75, 3.05) is 26.2 Å². The largest absolute Gasteiger partial charge is 0.433 e. The number of aromatic nitrogens is 1. The van der Waals surface area contributed by atoms with E-state index < -0.39 is 11.9 Å². The number of fused-ring (bicyclic) bond motifs is 1. The molecule has 0 N–H and O–H groups in total. The lowest BCUT2D eigenvalue weighted by atomic mass is 10.1. The molecule has 3 aromatic rings. The molecule has 158 valence electrons. The first-order chi connectivity index (χ1) is 14.1. The van der Waals surface area contributed by atoms with Crippen LogP contribution in [0.1, 0.15) is 35.5 Å². The molecular weight excluding hydrogens is 435 g/mol. The lowest BCUT2D eigenvalue weighted by molar-refractivity contribution is -0.140. The van der Waals surface area contributed by atoms with Crippen LogP contribution in [0, 0.1) is 13.8 Å². The number of hydrogen-bond acceptors (Lipinski definition) is 5. The van der Waals surface area contributed by atoms with Crippen LogP contribution >= 0.6 is 22.7 Å². The summed E-state index contributed by atoms with van der Waals surface area (Å²) in [6.45, 7) is 5.26. The summed E-state index contributed by atoms with van der Waals surface area (Å²) in [6, 6.07) is 6.02. The van der Waals surface area contributed by atoms with Crippen LogP contribution in [0.15, 0.2) is 24.3 Å². The average molecular weight is 454 g/mol. The molecule has 10 heteroatoms. The van der Waals surface area contributed by atoms with Gasteiger partial charge in [0.05, 0.1) is 9.75 Å². The molecule has 4 rings (SSSR count). The Morgan fingerprint density at radius 3 is 2.13 bits per heavy atom. The number of hydrogen-bond donors (Lipinski definition) is 0. The van der Waals surface area contributed by atoms with Crippen LogP contribution in [0.3, 0.4) is 0 Å². The van der Waals surface area contributed by atoms with E-state index in [9.17, 15) is 22.8 Å². The first-order valence-corrected chi connectivity index (χ1v) is 10.9. The summed E-state index contributed by atoms with van der Waals surface area (Å²) >= 11 is 2.42. The minimum Gasteiger partial charge on any atom is -0.334 e. The monoisotopic (exact) mass is 453 g/mol. The van der Waals surface area contributed by atoms with Crippen molar-refractivity contribution in [3.05, 3.63) is 50.2 Å². The minimum absolute atomic E-state index is 0.0397. The highest BCUT2D eigenvalue weighted by Crippen LogP contribution is 2.35. The molecule has 5 nitrogen and oxygen atoms in total. The Hall–Kier alpha value is -2.46. The van der Waals surface area contributed by atoms with Crippen LogP contribution in [0.5, 0.6) is 0 Å². The van der Waals surface area contributed by atoms with Crippen molar-refractivity contribution in [1.29, 1.82) is 0 Å². The Bertz CT molecular complexity index is 1130. The molecule has 0 unspecified atom stereocenters. The number of carbonyl (C=O) groups is 2. The summed E-state index contributed by atoms with van der Waals surface area (Å²) < 4.78 is 38.8. The van der Waals surface area contributed by atoms with E-state index in [4.69, 9.17) is 0 Å². The van der Waals surface area contributed by atoms with Gasteiger partial charge in [-0.2, -0.15) is 13.2 Å². The molecular formula is C20H18F3N3O2S2. The predicted molar refractivity (Wildman–Crippen MR) is 110 cm³/mol. The number of nitrogens with zero attached hydrogens (tertiary/aromatic N) is 3. The second-order valence-corrected chi connectivity index (χ2v) is 9.38. The van der Waals surface area contributed by atoms with Gasteiger partial charge in [0.15, 0.2) is 0 Å². The topological polar surface area (TPSA) is 53.5 Å². The van der Waals surface area contributed by atoms with Gasteiger partial charge in [-0.15, -0.1) is 22.7 Å². The molecule has 4 heterocycles. The van der Waals surface area contributed by atoms with E-state index in [1.807, 2.05) is 19.1 Å². The van der Waals surface area contributed by atoms with Gasteiger partial charge in [0, 0.05) is 36.4 Å². The number of rotatable bonds is 2. The number of carbonyl (C=O) groups excluding carboxylic acids is 2. The highest BCUT2D eigenvalue weighted by Gasteiger charge is 2.33. The molecule has 1 aliphatic rings. The highest BCUT2D eigenvalue weighted by atomic mass is 32.1. The molecule has 3 aromatic heterocycles. The third-order valence-corrected chi connectivity index (χ3v) is 7.27. The highest BCUT2D eigenvalue weighted by molar-refractivity contribution is 7.20. The van der Waals surface area contributed by atoms with E-state index >= 15 is 0 Å². The second-order valence-electron chi connectivity index (χ2n) is 7.10. The summed E-state index contributed by atoms with van der Waals surface area (Å²) in [7, 11) is 0. The molecule has 2 amide bonds. The van der Waals surface area contributed by atoms with Crippen LogP contribution in [0.4, 0.5) is 13.2 Å². The van der Waals surface area contributed by atoms with Crippen LogP contribution in [-0.4, -0.2) is 52.8 Å². The number of alkyl halides is 3. The minimum atomic E-state index is -4.53. The molecule has 1 aliphatic heterocycles. The third kappa shape index (κ3) is 3.81. The Morgan fingerprint density at radius 2 is 1.57 bits per heavy atom. The zero-order chi connectivity index (χ0) is 21.6. The Balaban J connectivity index is 1.49.